The Morgan fingerprint density at radius 3 is 2.05 bits per heavy atom. The van der Waals surface area contributed by atoms with E-state index in [1.165, 1.54) is 12.7 Å². The third-order valence-electron chi connectivity index (χ3n) is 6.42. The second-order valence-electron chi connectivity index (χ2n) is 9.48. The van der Waals surface area contributed by atoms with Crippen molar-refractivity contribution in [2.75, 3.05) is 30.8 Å². The molecule has 6 aromatic rings. The number of hydrogen-bond donors (Lipinski definition) is 3. The number of aromatic hydroxyl groups is 1. The number of fused-ring (bicyclic) bond motifs is 2. The van der Waals surface area contributed by atoms with E-state index in [0.29, 0.717) is 5.75 Å². The quantitative estimate of drug-likeness (QED) is 0.209. The van der Waals surface area contributed by atoms with Gasteiger partial charge in [-0.05, 0) is 44.5 Å². The average Bonchev–Trinajstić information content (AvgIpc) is 3.66. The fourth-order valence-electron chi connectivity index (χ4n) is 4.43. The van der Waals surface area contributed by atoms with E-state index in [1.807, 2.05) is 40.5 Å². The Morgan fingerprint density at radius 2 is 1.46 bits per heavy atom. The number of nitrogens with zero attached hydrogens (tertiary/aromatic N) is 6. The Hall–Kier alpha value is -5.12. The molecule has 4 aromatic heterocycles. The molecule has 0 spiro atoms. The number of aryl methyl sites for hydroxylation is 1. The minimum Gasteiger partial charge on any atom is -0.504 e. The molecule has 0 amide bonds. The Bertz CT molecular complexity index is 1780. The fourth-order valence-corrected chi connectivity index (χ4v) is 4.43. The van der Waals surface area contributed by atoms with Crippen molar-refractivity contribution in [3.05, 3.63) is 85.2 Å². The number of hydrogen-bond acceptors (Lipinski definition) is 8. The highest BCUT2D eigenvalue weighted by atomic mass is 16.5. The summed E-state index contributed by atoms with van der Waals surface area (Å²) in [7, 11) is 1.52. The Labute approximate surface area is 238 Å². The molecule has 0 aliphatic rings. The molecule has 210 valence electrons. The summed E-state index contributed by atoms with van der Waals surface area (Å²) < 4.78 is 9.08. The Balaban J connectivity index is 0.000000165. The molecule has 0 atom stereocenters. The van der Waals surface area contributed by atoms with Gasteiger partial charge in [0.1, 0.15) is 0 Å². The molecule has 0 aliphatic heterocycles. The van der Waals surface area contributed by atoms with Crippen molar-refractivity contribution in [2.45, 2.75) is 27.2 Å². The zero-order chi connectivity index (χ0) is 28.8. The van der Waals surface area contributed by atoms with Crippen molar-refractivity contribution in [1.29, 1.82) is 0 Å². The lowest BCUT2D eigenvalue weighted by atomic mass is 10.1. The van der Waals surface area contributed by atoms with E-state index < -0.39 is 0 Å². The number of ether oxygens (including phenoxy) is 1. The largest absolute Gasteiger partial charge is 0.504 e. The molecule has 2 aromatic carbocycles. The summed E-state index contributed by atoms with van der Waals surface area (Å²) in [5.74, 6) is 2.10. The van der Waals surface area contributed by atoms with Crippen LogP contribution in [0.2, 0.25) is 0 Å². The SMILES string of the molecule is CCCNc1nc(-c2cccc(C)c2)cn2ccnc12.CCNc1nc(-c2ccc(O)c(OC)c2)cn2ccnc12. The van der Waals surface area contributed by atoms with Gasteiger partial charge in [0.05, 0.1) is 18.5 Å². The van der Waals surface area contributed by atoms with Gasteiger partial charge in [-0.15, -0.1) is 0 Å². The first-order chi connectivity index (χ1) is 20.0. The maximum Gasteiger partial charge on any atom is 0.180 e. The molecule has 0 bridgehead atoms. The van der Waals surface area contributed by atoms with Crippen LogP contribution in [0.5, 0.6) is 11.5 Å². The van der Waals surface area contributed by atoms with Crippen molar-refractivity contribution in [3.8, 4) is 34.0 Å². The molecule has 41 heavy (non-hydrogen) atoms. The van der Waals surface area contributed by atoms with Gasteiger partial charge < -0.3 is 29.3 Å². The van der Waals surface area contributed by atoms with Crippen LogP contribution in [-0.4, -0.2) is 54.0 Å². The average molecular weight is 551 g/mol. The maximum absolute atomic E-state index is 9.69. The van der Waals surface area contributed by atoms with Crippen LogP contribution in [-0.2, 0) is 0 Å². The highest BCUT2D eigenvalue weighted by Gasteiger charge is 2.11. The molecule has 0 saturated carbocycles. The minimum atomic E-state index is 0.108. The van der Waals surface area contributed by atoms with Crippen LogP contribution in [0.25, 0.3) is 33.8 Å². The summed E-state index contributed by atoms with van der Waals surface area (Å²) in [4.78, 5) is 18.0. The molecule has 0 radical (unpaired) electrons. The van der Waals surface area contributed by atoms with Gasteiger partial charge in [-0.2, -0.15) is 0 Å². The third-order valence-corrected chi connectivity index (χ3v) is 6.42. The second-order valence-corrected chi connectivity index (χ2v) is 9.48. The number of nitrogens with one attached hydrogen (secondary N) is 2. The van der Waals surface area contributed by atoms with E-state index in [1.54, 1.807) is 30.6 Å². The van der Waals surface area contributed by atoms with E-state index in [0.717, 1.165) is 65.0 Å². The van der Waals surface area contributed by atoms with Gasteiger partial charge in [-0.25, -0.2) is 19.9 Å². The number of aromatic nitrogens is 6. The van der Waals surface area contributed by atoms with Crippen LogP contribution >= 0.6 is 0 Å². The molecule has 3 N–H and O–H groups in total. The highest BCUT2D eigenvalue weighted by molar-refractivity contribution is 5.71. The lowest BCUT2D eigenvalue weighted by Crippen LogP contribution is -2.05. The fraction of sp³-hybridized carbons (Fsp3) is 0.226. The normalized spacial score (nSPS) is 10.8. The van der Waals surface area contributed by atoms with Gasteiger partial charge in [0.25, 0.3) is 0 Å². The summed E-state index contributed by atoms with van der Waals surface area (Å²) >= 11 is 0. The molecule has 10 nitrogen and oxygen atoms in total. The monoisotopic (exact) mass is 550 g/mol. The van der Waals surface area contributed by atoms with Crippen LogP contribution in [0.4, 0.5) is 11.6 Å². The first-order valence-corrected chi connectivity index (χ1v) is 13.6. The Morgan fingerprint density at radius 1 is 0.829 bits per heavy atom. The van der Waals surface area contributed by atoms with Crippen molar-refractivity contribution >= 4 is 22.9 Å². The van der Waals surface area contributed by atoms with Crippen molar-refractivity contribution < 1.29 is 9.84 Å². The van der Waals surface area contributed by atoms with E-state index in [2.05, 4.69) is 63.7 Å². The zero-order valence-electron chi connectivity index (χ0n) is 23.7. The molecule has 6 rings (SSSR count). The first kappa shape index (κ1) is 27.4. The van der Waals surface area contributed by atoms with Gasteiger partial charge in [-0.1, -0.05) is 30.7 Å². The van der Waals surface area contributed by atoms with Crippen LogP contribution in [0.3, 0.4) is 0 Å². The van der Waals surface area contributed by atoms with E-state index in [4.69, 9.17) is 9.72 Å². The van der Waals surface area contributed by atoms with Crippen LogP contribution < -0.4 is 15.4 Å². The molecular weight excluding hydrogens is 516 g/mol. The maximum atomic E-state index is 9.69. The van der Waals surface area contributed by atoms with Gasteiger partial charge in [0.15, 0.2) is 34.4 Å². The van der Waals surface area contributed by atoms with Crippen molar-refractivity contribution in [2.24, 2.45) is 0 Å². The molecule has 10 heteroatoms. The minimum absolute atomic E-state index is 0.108. The van der Waals surface area contributed by atoms with Gasteiger partial charge >= 0.3 is 0 Å². The predicted octanol–water partition coefficient (Wildman–Crippen LogP) is 6.07. The first-order valence-electron chi connectivity index (χ1n) is 13.6. The van der Waals surface area contributed by atoms with Gasteiger partial charge in [0, 0.05) is 61.4 Å². The molecule has 0 fully saturated rings. The number of methoxy groups -OCH3 is 1. The van der Waals surface area contributed by atoms with Crippen molar-refractivity contribution in [3.63, 3.8) is 0 Å². The zero-order valence-corrected chi connectivity index (χ0v) is 23.7. The number of phenols is 1. The number of phenolic OH excluding ortho intramolecular Hbond substituents is 1. The van der Waals surface area contributed by atoms with Crippen LogP contribution in [0.1, 0.15) is 25.8 Å². The summed E-state index contributed by atoms with van der Waals surface area (Å²) in [6, 6.07) is 13.5. The Kier molecular flexibility index (Phi) is 8.28. The molecule has 0 saturated heterocycles. The lowest BCUT2D eigenvalue weighted by Gasteiger charge is -2.10. The summed E-state index contributed by atoms with van der Waals surface area (Å²) in [5.41, 5.74) is 6.60. The molecule has 4 heterocycles. The summed E-state index contributed by atoms with van der Waals surface area (Å²) in [6.07, 6.45) is 12.3. The number of anilines is 2. The lowest BCUT2D eigenvalue weighted by molar-refractivity contribution is 0.373. The predicted molar refractivity (Wildman–Crippen MR) is 163 cm³/mol. The number of imidazole rings is 2. The van der Waals surface area contributed by atoms with Crippen molar-refractivity contribution in [1.82, 2.24) is 28.7 Å². The summed E-state index contributed by atoms with van der Waals surface area (Å²) in [6.45, 7) is 7.90. The topological polar surface area (TPSA) is 114 Å². The number of rotatable bonds is 8. The molecule has 0 aliphatic carbocycles. The van der Waals surface area contributed by atoms with Gasteiger partial charge in [0.2, 0.25) is 0 Å². The second kappa shape index (κ2) is 12.4. The highest BCUT2D eigenvalue weighted by Crippen LogP contribution is 2.31. The smallest absolute Gasteiger partial charge is 0.180 e. The summed E-state index contributed by atoms with van der Waals surface area (Å²) in [5, 5.41) is 16.3. The molecule has 0 unspecified atom stereocenters. The van der Waals surface area contributed by atoms with E-state index in [9.17, 15) is 5.11 Å². The van der Waals surface area contributed by atoms with E-state index >= 15 is 0 Å². The standard InChI is InChI=1S/C16H18N4.C15H16N4O2/c1-3-7-17-15-16-18-8-9-20(16)11-14(19-15)13-6-4-5-12(2)10-13;1-3-16-14-15-17-6-7-19(15)9-11(18-14)10-4-5-12(20)13(8-10)21-2/h4-6,8-11H,3,7H2,1-2H3,(H,17,19);4-9,20H,3H2,1-2H3,(H,16,18). The van der Waals surface area contributed by atoms with Crippen LogP contribution in [0, 0.1) is 6.92 Å². The van der Waals surface area contributed by atoms with Crippen LogP contribution in [0.15, 0.2) is 79.6 Å². The third kappa shape index (κ3) is 6.06. The van der Waals surface area contributed by atoms with Gasteiger partial charge in [-0.3, -0.25) is 0 Å². The molecular formula is C31H34N8O2. The number of benzene rings is 2. The van der Waals surface area contributed by atoms with E-state index in [-0.39, 0.29) is 5.75 Å².